The molecule has 7 heteroatoms. The number of anilines is 1. The summed E-state index contributed by atoms with van der Waals surface area (Å²) in [6.07, 6.45) is 0.0965. The Hall–Kier alpha value is -4.13. The van der Waals surface area contributed by atoms with Crippen molar-refractivity contribution in [3.63, 3.8) is 0 Å². The first-order chi connectivity index (χ1) is 16.8. The van der Waals surface area contributed by atoms with Gasteiger partial charge in [-0.2, -0.15) is 0 Å². The van der Waals surface area contributed by atoms with Gasteiger partial charge in [0, 0.05) is 31.1 Å². The molecule has 0 spiro atoms. The molecular formula is C28H28N2O5. The van der Waals surface area contributed by atoms with Crippen LogP contribution in [0.5, 0.6) is 0 Å². The number of hydrogen-bond donors (Lipinski definition) is 2. The number of carboxylic acids is 1. The minimum Gasteiger partial charge on any atom is -0.478 e. The van der Waals surface area contributed by atoms with Gasteiger partial charge in [0.05, 0.1) is 5.56 Å². The molecule has 1 unspecified atom stereocenters. The fourth-order valence-corrected chi connectivity index (χ4v) is 4.41. The summed E-state index contributed by atoms with van der Waals surface area (Å²) in [5, 5.41) is 11.9. The van der Waals surface area contributed by atoms with E-state index in [1.165, 1.54) is 28.2 Å². The normalized spacial score (nSPS) is 12.9. The molecule has 180 valence electrons. The Balaban J connectivity index is 1.28. The topological polar surface area (TPSA) is 95.9 Å². The van der Waals surface area contributed by atoms with Gasteiger partial charge in [0.15, 0.2) is 0 Å². The predicted molar refractivity (Wildman–Crippen MR) is 134 cm³/mol. The fourth-order valence-electron chi connectivity index (χ4n) is 4.41. The third-order valence-electron chi connectivity index (χ3n) is 6.35. The highest BCUT2D eigenvalue weighted by molar-refractivity contribution is 5.95. The summed E-state index contributed by atoms with van der Waals surface area (Å²) in [6.45, 7) is 2.05. The highest BCUT2D eigenvalue weighted by atomic mass is 16.5. The molecule has 1 atom stereocenters. The smallest absolute Gasteiger partial charge is 0.407 e. The SMILES string of the molecule is CC(CCC(=O)N(C)c1cccc(C(=O)O)c1)NC(=O)OCC1c2ccccc2-c2ccccc21. The Morgan fingerprint density at radius 2 is 1.60 bits per heavy atom. The van der Waals surface area contributed by atoms with Gasteiger partial charge in [0.1, 0.15) is 6.61 Å². The van der Waals surface area contributed by atoms with E-state index in [9.17, 15) is 14.4 Å². The molecule has 0 saturated heterocycles. The maximum Gasteiger partial charge on any atom is 0.407 e. The van der Waals surface area contributed by atoms with Gasteiger partial charge < -0.3 is 20.1 Å². The van der Waals surface area contributed by atoms with Gasteiger partial charge in [-0.15, -0.1) is 0 Å². The van der Waals surface area contributed by atoms with Crippen LogP contribution in [0.25, 0.3) is 11.1 Å². The standard InChI is InChI=1S/C28H28N2O5/c1-18(14-15-26(31)30(2)20-9-7-8-19(16-20)27(32)33)29-28(34)35-17-25-23-12-5-3-10-21(23)22-11-4-6-13-24(22)25/h3-13,16,18,25H,14-15,17H2,1-2H3,(H,29,34)(H,32,33). The maximum atomic E-state index is 12.6. The highest BCUT2D eigenvalue weighted by Gasteiger charge is 2.29. The largest absolute Gasteiger partial charge is 0.478 e. The van der Waals surface area contributed by atoms with Gasteiger partial charge >= 0.3 is 12.1 Å². The van der Waals surface area contributed by atoms with Crippen LogP contribution in [0, 0.1) is 0 Å². The number of nitrogens with zero attached hydrogens (tertiary/aromatic N) is 1. The summed E-state index contributed by atoms with van der Waals surface area (Å²) in [5.74, 6) is -1.23. The molecule has 7 nitrogen and oxygen atoms in total. The second-order valence-electron chi connectivity index (χ2n) is 8.72. The van der Waals surface area contributed by atoms with Gasteiger partial charge in [0.25, 0.3) is 0 Å². The minimum absolute atomic E-state index is 0.0137. The van der Waals surface area contributed by atoms with Crippen LogP contribution in [0.4, 0.5) is 10.5 Å². The van der Waals surface area contributed by atoms with Gasteiger partial charge in [-0.25, -0.2) is 9.59 Å². The lowest BCUT2D eigenvalue weighted by Gasteiger charge is -2.20. The molecule has 1 aliphatic carbocycles. The van der Waals surface area contributed by atoms with Crippen molar-refractivity contribution >= 4 is 23.7 Å². The van der Waals surface area contributed by atoms with Crippen molar-refractivity contribution in [2.75, 3.05) is 18.6 Å². The first-order valence-electron chi connectivity index (χ1n) is 11.6. The number of carboxylic acid groups (broad SMARTS) is 1. The molecular weight excluding hydrogens is 444 g/mol. The van der Waals surface area contributed by atoms with Crippen molar-refractivity contribution in [2.45, 2.75) is 31.7 Å². The van der Waals surface area contributed by atoms with Crippen molar-refractivity contribution in [1.82, 2.24) is 5.32 Å². The van der Waals surface area contributed by atoms with Crippen molar-refractivity contribution in [3.8, 4) is 11.1 Å². The summed E-state index contributed by atoms with van der Waals surface area (Å²) in [6, 6.07) is 22.3. The van der Waals surface area contributed by atoms with Crippen LogP contribution in [0.3, 0.4) is 0 Å². The molecule has 0 heterocycles. The van der Waals surface area contributed by atoms with E-state index >= 15 is 0 Å². The van der Waals surface area contributed by atoms with Crippen LogP contribution >= 0.6 is 0 Å². The summed E-state index contributed by atoms with van der Waals surface area (Å²) in [5.41, 5.74) is 5.26. The van der Waals surface area contributed by atoms with Gasteiger partial charge in [-0.1, -0.05) is 54.6 Å². The quantitative estimate of drug-likeness (QED) is 0.478. The lowest BCUT2D eigenvalue weighted by atomic mass is 9.98. The zero-order chi connectivity index (χ0) is 24.9. The van der Waals surface area contributed by atoms with Crippen LogP contribution in [-0.4, -0.2) is 42.8 Å². The number of rotatable bonds is 8. The Morgan fingerprint density at radius 1 is 0.971 bits per heavy atom. The Labute approximate surface area is 204 Å². The number of hydrogen-bond acceptors (Lipinski definition) is 4. The number of amides is 2. The zero-order valence-electron chi connectivity index (χ0n) is 19.7. The van der Waals surface area contributed by atoms with Crippen molar-refractivity contribution < 1.29 is 24.2 Å². The number of benzene rings is 3. The monoisotopic (exact) mass is 472 g/mol. The maximum absolute atomic E-state index is 12.6. The second kappa shape index (κ2) is 10.4. The van der Waals surface area contributed by atoms with Crippen LogP contribution < -0.4 is 10.2 Å². The van der Waals surface area contributed by atoms with Gasteiger partial charge in [-0.05, 0) is 53.8 Å². The lowest BCUT2D eigenvalue weighted by molar-refractivity contribution is -0.118. The first-order valence-corrected chi connectivity index (χ1v) is 11.6. The number of carbonyl (C=O) groups is 3. The molecule has 0 saturated carbocycles. The van der Waals surface area contributed by atoms with E-state index in [-0.39, 0.29) is 36.5 Å². The number of fused-ring (bicyclic) bond motifs is 3. The fraction of sp³-hybridized carbons (Fsp3) is 0.250. The number of carbonyl (C=O) groups excluding carboxylic acids is 2. The summed E-state index contributed by atoms with van der Waals surface area (Å²) >= 11 is 0. The molecule has 35 heavy (non-hydrogen) atoms. The Kier molecular flexibility index (Phi) is 7.15. The van der Waals surface area contributed by atoms with E-state index < -0.39 is 12.1 Å². The van der Waals surface area contributed by atoms with E-state index in [1.807, 2.05) is 31.2 Å². The lowest BCUT2D eigenvalue weighted by Crippen LogP contribution is -2.35. The van der Waals surface area contributed by atoms with Crippen LogP contribution in [0.2, 0.25) is 0 Å². The van der Waals surface area contributed by atoms with E-state index in [4.69, 9.17) is 9.84 Å². The number of alkyl carbamates (subject to hydrolysis) is 1. The van der Waals surface area contributed by atoms with E-state index in [0.29, 0.717) is 12.1 Å². The third kappa shape index (κ3) is 5.35. The molecule has 2 N–H and O–H groups in total. The first kappa shape index (κ1) is 24.0. The van der Waals surface area contributed by atoms with Crippen molar-refractivity contribution in [1.29, 1.82) is 0 Å². The third-order valence-corrected chi connectivity index (χ3v) is 6.35. The van der Waals surface area contributed by atoms with E-state index in [0.717, 1.165) is 11.1 Å². The predicted octanol–water partition coefficient (Wildman–Crippen LogP) is 5.06. The van der Waals surface area contributed by atoms with E-state index in [2.05, 4.69) is 29.6 Å². The summed E-state index contributed by atoms with van der Waals surface area (Å²) in [7, 11) is 1.60. The Bertz CT molecular complexity index is 1210. The molecule has 1 aliphatic rings. The number of aromatic carboxylic acids is 1. The molecule has 0 aromatic heterocycles. The van der Waals surface area contributed by atoms with Crippen LogP contribution in [-0.2, 0) is 9.53 Å². The number of nitrogens with one attached hydrogen (secondary N) is 1. The Morgan fingerprint density at radius 3 is 2.23 bits per heavy atom. The minimum atomic E-state index is -1.05. The molecule has 0 aliphatic heterocycles. The van der Waals surface area contributed by atoms with Crippen LogP contribution in [0.15, 0.2) is 72.8 Å². The van der Waals surface area contributed by atoms with Crippen molar-refractivity contribution in [3.05, 3.63) is 89.5 Å². The molecule has 3 aromatic carbocycles. The van der Waals surface area contributed by atoms with Crippen molar-refractivity contribution in [2.24, 2.45) is 0 Å². The van der Waals surface area contributed by atoms with Gasteiger partial charge in [-0.3, -0.25) is 4.79 Å². The summed E-state index contributed by atoms with van der Waals surface area (Å²) in [4.78, 5) is 37.6. The van der Waals surface area contributed by atoms with E-state index in [1.54, 1.807) is 19.2 Å². The molecule has 4 rings (SSSR count). The second-order valence-corrected chi connectivity index (χ2v) is 8.72. The average molecular weight is 473 g/mol. The molecule has 0 fully saturated rings. The number of ether oxygens (including phenoxy) is 1. The highest BCUT2D eigenvalue weighted by Crippen LogP contribution is 2.44. The molecule has 0 radical (unpaired) electrons. The average Bonchev–Trinajstić information content (AvgIpc) is 3.19. The molecule has 0 bridgehead atoms. The molecule has 3 aromatic rings. The van der Waals surface area contributed by atoms with Gasteiger partial charge in [0.2, 0.25) is 5.91 Å². The summed E-state index contributed by atoms with van der Waals surface area (Å²) < 4.78 is 5.57. The van der Waals surface area contributed by atoms with Crippen LogP contribution in [0.1, 0.15) is 47.2 Å². The zero-order valence-corrected chi connectivity index (χ0v) is 19.7. The molecule has 2 amide bonds.